The second-order valence-corrected chi connectivity index (χ2v) is 10.8. The average molecular weight is 542 g/mol. The summed E-state index contributed by atoms with van der Waals surface area (Å²) in [5.74, 6) is -3.21. The number of amides is 3. The van der Waals surface area contributed by atoms with E-state index in [1.807, 2.05) is 13.8 Å². The zero-order valence-corrected chi connectivity index (χ0v) is 21.9. The topological polar surface area (TPSA) is 143 Å². The molecule has 1 saturated heterocycles. The van der Waals surface area contributed by atoms with E-state index in [0.29, 0.717) is 31.2 Å². The molecular formula is C27H32FN5O6. The number of aromatic hydroxyl groups is 1. The van der Waals surface area contributed by atoms with Crippen LogP contribution in [0.4, 0.5) is 4.39 Å². The Balaban J connectivity index is 1.44. The molecule has 1 aliphatic carbocycles. The average Bonchev–Trinajstić information content (AvgIpc) is 3.15. The van der Waals surface area contributed by atoms with Gasteiger partial charge in [0.1, 0.15) is 11.6 Å². The molecule has 2 bridgehead atoms. The van der Waals surface area contributed by atoms with E-state index < -0.39 is 46.1 Å². The lowest BCUT2D eigenvalue weighted by atomic mass is 9.77. The molecule has 2 atom stereocenters. The van der Waals surface area contributed by atoms with Crippen molar-refractivity contribution in [2.24, 2.45) is 5.92 Å². The molecule has 3 amide bonds. The van der Waals surface area contributed by atoms with Gasteiger partial charge in [0, 0.05) is 26.2 Å². The highest BCUT2D eigenvalue weighted by Crippen LogP contribution is 2.43. The van der Waals surface area contributed by atoms with Crippen molar-refractivity contribution in [3.8, 4) is 5.75 Å². The third-order valence-electron chi connectivity index (χ3n) is 7.81. The first-order valence-corrected chi connectivity index (χ1v) is 13.2. The maximum Gasteiger partial charge on any atom is 0.312 e. The molecule has 6 rings (SSSR count). The molecule has 2 fully saturated rings. The fraction of sp³-hybridized carbons (Fsp3) is 0.519. The predicted octanol–water partition coefficient (Wildman–Crippen LogP) is 1.17. The summed E-state index contributed by atoms with van der Waals surface area (Å²) in [6.45, 7) is 4.55. The minimum Gasteiger partial charge on any atom is -0.501 e. The standard InChI is InChI=1S/C27H32FN5O6/c1-15-12-32(13-16(2)39-15)25(38)23(36)31-27-9-7-18(8-10-27)14-33-24(37)21(34)20(30-26(27)33)22(35)29-11-17-3-5-19(28)6-4-17/h3-6,15-16,18,34H,7-14H2,1-2H3,(H,29,35)(H,31,36)/t15-,16+,18?,27?. The fourth-order valence-electron chi connectivity index (χ4n) is 5.88. The van der Waals surface area contributed by atoms with Crippen molar-refractivity contribution < 1.29 is 28.6 Å². The van der Waals surface area contributed by atoms with Crippen LogP contribution in [0.5, 0.6) is 5.75 Å². The molecule has 12 heteroatoms. The van der Waals surface area contributed by atoms with Crippen LogP contribution >= 0.6 is 0 Å². The van der Waals surface area contributed by atoms with Gasteiger partial charge in [-0.15, -0.1) is 0 Å². The van der Waals surface area contributed by atoms with E-state index in [4.69, 9.17) is 4.74 Å². The molecule has 1 aromatic carbocycles. The van der Waals surface area contributed by atoms with Crippen LogP contribution in [-0.4, -0.2) is 62.6 Å². The third kappa shape index (κ3) is 5.25. The Morgan fingerprint density at radius 2 is 1.74 bits per heavy atom. The van der Waals surface area contributed by atoms with Gasteiger partial charge < -0.3 is 25.4 Å². The zero-order valence-electron chi connectivity index (χ0n) is 21.9. The van der Waals surface area contributed by atoms with Crippen LogP contribution in [0.25, 0.3) is 0 Å². The Labute approximate surface area is 224 Å². The number of rotatable bonds is 4. The largest absolute Gasteiger partial charge is 0.501 e. The molecule has 208 valence electrons. The summed E-state index contributed by atoms with van der Waals surface area (Å²) in [6, 6.07) is 5.53. The maximum atomic E-state index is 13.3. The molecule has 2 aromatic rings. The van der Waals surface area contributed by atoms with E-state index in [1.54, 1.807) is 0 Å². The number of ether oxygens (including phenoxy) is 1. The van der Waals surface area contributed by atoms with E-state index in [1.165, 1.54) is 33.7 Å². The van der Waals surface area contributed by atoms with Gasteiger partial charge in [0.2, 0.25) is 5.75 Å². The summed E-state index contributed by atoms with van der Waals surface area (Å²) in [5, 5.41) is 16.1. The quantitative estimate of drug-likeness (QED) is 0.493. The van der Waals surface area contributed by atoms with Crippen molar-refractivity contribution in [3.63, 3.8) is 0 Å². The smallest absolute Gasteiger partial charge is 0.312 e. The number of hydrogen-bond acceptors (Lipinski definition) is 7. The minimum atomic E-state index is -1.15. The van der Waals surface area contributed by atoms with Crippen molar-refractivity contribution >= 4 is 17.7 Å². The van der Waals surface area contributed by atoms with Crippen LogP contribution in [0.15, 0.2) is 29.1 Å². The molecule has 4 aliphatic rings. The van der Waals surface area contributed by atoms with Gasteiger partial charge in [-0.2, -0.15) is 0 Å². The molecule has 1 aromatic heterocycles. The Kier molecular flexibility index (Phi) is 7.15. The van der Waals surface area contributed by atoms with Gasteiger partial charge in [0.15, 0.2) is 5.69 Å². The number of nitrogens with one attached hydrogen (secondary N) is 2. The SMILES string of the molecule is C[C@@H]1CN(C(=O)C(=O)NC23CCC(CC2)Cn2c3nc(C(=O)NCc3ccc(F)cc3)c(O)c2=O)C[C@H](C)O1. The van der Waals surface area contributed by atoms with Crippen LogP contribution < -0.4 is 16.2 Å². The Hall–Kier alpha value is -3.80. The molecule has 39 heavy (non-hydrogen) atoms. The van der Waals surface area contributed by atoms with Gasteiger partial charge in [0.25, 0.3) is 11.5 Å². The van der Waals surface area contributed by atoms with Crippen LogP contribution in [-0.2, 0) is 33.0 Å². The molecule has 0 radical (unpaired) electrons. The number of aromatic nitrogens is 2. The van der Waals surface area contributed by atoms with E-state index in [-0.39, 0.29) is 50.1 Å². The molecule has 11 nitrogen and oxygen atoms in total. The maximum absolute atomic E-state index is 13.3. The molecule has 0 unspecified atom stereocenters. The number of hydrogen-bond donors (Lipinski definition) is 3. The summed E-state index contributed by atoms with van der Waals surface area (Å²) < 4.78 is 20.2. The molecular weight excluding hydrogens is 509 g/mol. The van der Waals surface area contributed by atoms with Crippen LogP contribution in [0, 0.1) is 11.7 Å². The first-order chi connectivity index (χ1) is 18.6. The van der Waals surface area contributed by atoms with Crippen molar-refractivity contribution in [2.75, 3.05) is 13.1 Å². The minimum absolute atomic E-state index is 0.0213. The Morgan fingerprint density at radius 3 is 2.38 bits per heavy atom. The molecule has 3 aliphatic heterocycles. The number of carbonyl (C=O) groups is 3. The lowest BCUT2D eigenvalue weighted by Gasteiger charge is -2.38. The summed E-state index contributed by atoms with van der Waals surface area (Å²) in [7, 11) is 0. The number of fused-ring (bicyclic) bond motifs is 2. The Bertz CT molecular complexity index is 1340. The highest BCUT2D eigenvalue weighted by atomic mass is 19.1. The summed E-state index contributed by atoms with van der Waals surface area (Å²) >= 11 is 0. The van der Waals surface area contributed by atoms with Crippen molar-refractivity contribution in [2.45, 2.75) is 70.4 Å². The van der Waals surface area contributed by atoms with Crippen molar-refractivity contribution in [1.29, 1.82) is 0 Å². The van der Waals surface area contributed by atoms with Gasteiger partial charge in [-0.25, -0.2) is 9.37 Å². The van der Waals surface area contributed by atoms with Crippen LogP contribution in [0.3, 0.4) is 0 Å². The first-order valence-electron chi connectivity index (χ1n) is 13.2. The number of morpholine rings is 1. The lowest BCUT2D eigenvalue weighted by molar-refractivity contribution is -0.154. The van der Waals surface area contributed by atoms with Crippen LogP contribution in [0.1, 0.15) is 61.4 Å². The van der Waals surface area contributed by atoms with E-state index in [9.17, 15) is 28.7 Å². The van der Waals surface area contributed by atoms with Gasteiger partial charge in [0.05, 0.1) is 17.7 Å². The normalized spacial score (nSPS) is 25.9. The molecule has 1 saturated carbocycles. The van der Waals surface area contributed by atoms with E-state index >= 15 is 0 Å². The molecule has 3 N–H and O–H groups in total. The lowest BCUT2D eigenvalue weighted by Crippen LogP contribution is -2.57. The summed E-state index contributed by atoms with van der Waals surface area (Å²) in [6.07, 6.45) is 1.79. The molecule has 0 spiro atoms. The summed E-state index contributed by atoms with van der Waals surface area (Å²) in [5.41, 5.74) is -1.78. The molecule has 4 heterocycles. The number of carbonyl (C=O) groups excluding carboxylic acids is 3. The van der Waals surface area contributed by atoms with E-state index in [2.05, 4.69) is 15.6 Å². The van der Waals surface area contributed by atoms with Gasteiger partial charge >= 0.3 is 11.8 Å². The summed E-state index contributed by atoms with van der Waals surface area (Å²) in [4.78, 5) is 58.6. The van der Waals surface area contributed by atoms with Gasteiger partial charge in [-0.05, 0) is 63.1 Å². The number of halogens is 1. The third-order valence-corrected chi connectivity index (χ3v) is 7.81. The van der Waals surface area contributed by atoms with Gasteiger partial charge in [-0.1, -0.05) is 12.1 Å². The fourth-order valence-corrected chi connectivity index (χ4v) is 5.88. The number of benzene rings is 1. The Morgan fingerprint density at radius 1 is 1.10 bits per heavy atom. The van der Waals surface area contributed by atoms with Crippen LogP contribution in [0.2, 0.25) is 0 Å². The van der Waals surface area contributed by atoms with Crippen molar-refractivity contribution in [3.05, 3.63) is 57.5 Å². The van der Waals surface area contributed by atoms with E-state index in [0.717, 1.165) is 0 Å². The zero-order chi connectivity index (χ0) is 27.9. The predicted molar refractivity (Wildman–Crippen MR) is 136 cm³/mol. The van der Waals surface area contributed by atoms with Gasteiger partial charge in [-0.3, -0.25) is 23.7 Å². The second-order valence-electron chi connectivity index (χ2n) is 10.8. The second kappa shape index (κ2) is 10.4. The highest BCUT2D eigenvalue weighted by molar-refractivity contribution is 6.35. The number of nitrogens with zero attached hydrogens (tertiary/aromatic N) is 3. The highest BCUT2D eigenvalue weighted by Gasteiger charge is 2.47. The van der Waals surface area contributed by atoms with Crippen molar-refractivity contribution in [1.82, 2.24) is 25.1 Å². The first kappa shape index (κ1) is 26.8. The monoisotopic (exact) mass is 541 g/mol.